The summed E-state index contributed by atoms with van der Waals surface area (Å²) in [6.45, 7) is -0.0698. The van der Waals surface area contributed by atoms with Gasteiger partial charge in [-0.05, 0) is 12.1 Å². The van der Waals surface area contributed by atoms with Gasteiger partial charge < -0.3 is 0 Å². The Hall–Kier alpha value is -2.09. The van der Waals surface area contributed by atoms with E-state index >= 15 is 0 Å². The number of nitriles is 1. The molecule has 0 aliphatic carbocycles. The van der Waals surface area contributed by atoms with Crippen molar-refractivity contribution in [1.29, 1.82) is 5.26 Å². The van der Waals surface area contributed by atoms with Crippen molar-refractivity contribution in [2.45, 2.75) is 6.54 Å². The third-order valence-corrected chi connectivity index (χ3v) is 2.34. The number of hydrogen-bond acceptors (Lipinski definition) is 2. The predicted molar refractivity (Wildman–Crippen MR) is 52.8 cm³/mol. The smallest absolute Gasteiger partial charge is 0.292 e. The van der Waals surface area contributed by atoms with E-state index in [1.54, 1.807) is 6.07 Å². The topological polar surface area (TPSA) is 50.7 Å². The number of benzene rings is 1. The van der Waals surface area contributed by atoms with Gasteiger partial charge in [-0.2, -0.15) is 5.26 Å². The number of fused-ring (bicyclic) bond motifs is 1. The van der Waals surface area contributed by atoms with Crippen LogP contribution >= 0.6 is 0 Å². The van der Waals surface area contributed by atoms with Gasteiger partial charge >= 0.3 is 5.69 Å². The van der Waals surface area contributed by atoms with Gasteiger partial charge in [0.25, 0.3) is 0 Å². The second kappa shape index (κ2) is 3.24. The van der Waals surface area contributed by atoms with Crippen molar-refractivity contribution in [3.63, 3.8) is 0 Å². The summed E-state index contributed by atoms with van der Waals surface area (Å²) in [4.78, 5) is 11.6. The van der Waals surface area contributed by atoms with Crippen molar-refractivity contribution in [2.24, 2.45) is 7.05 Å². The molecular formula is C10H8FN3O. The molecule has 1 aromatic heterocycles. The number of halogens is 1. The zero-order valence-electron chi connectivity index (χ0n) is 8.07. The van der Waals surface area contributed by atoms with Gasteiger partial charge in [0, 0.05) is 7.05 Å². The highest BCUT2D eigenvalue weighted by atomic mass is 19.1. The summed E-state index contributed by atoms with van der Waals surface area (Å²) in [6.07, 6.45) is 0. The molecule has 0 fully saturated rings. The summed E-state index contributed by atoms with van der Waals surface area (Å²) in [7, 11) is 1.49. The largest absolute Gasteiger partial charge is 0.329 e. The van der Waals surface area contributed by atoms with Gasteiger partial charge in [0.15, 0.2) is 0 Å². The summed E-state index contributed by atoms with van der Waals surface area (Å²) < 4.78 is 15.9. The maximum atomic E-state index is 13.4. The average Bonchev–Trinajstić information content (AvgIpc) is 2.45. The van der Waals surface area contributed by atoms with Crippen LogP contribution in [-0.4, -0.2) is 9.13 Å². The van der Waals surface area contributed by atoms with Crippen molar-refractivity contribution in [1.82, 2.24) is 9.13 Å². The van der Waals surface area contributed by atoms with Gasteiger partial charge in [-0.3, -0.25) is 9.13 Å². The van der Waals surface area contributed by atoms with E-state index in [9.17, 15) is 9.18 Å². The van der Waals surface area contributed by atoms with E-state index in [2.05, 4.69) is 0 Å². The Labute approximate surface area is 84.8 Å². The molecule has 0 spiro atoms. The van der Waals surface area contributed by atoms with Crippen molar-refractivity contribution in [3.8, 4) is 6.07 Å². The second-order valence-corrected chi connectivity index (χ2v) is 3.19. The van der Waals surface area contributed by atoms with Crippen LogP contribution in [0.3, 0.4) is 0 Å². The Morgan fingerprint density at radius 1 is 1.53 bits per heavy atom. The van der Waals surface area contributed by atoms with Crippen molar-refractivity contribution in [2.75, 3.05) is 0 Å². The highest BCUT2D eigenvalue weighted by molar-refractivity contribution is 5.76. The van der Waals surface area contributed by atoms with Gasteiger partial charge in [0.2, 0.25) is 0 Å². The minimum absolute atomic E-state index is 0.0698. The zero-order chi connectivity index (χ0) is 11.0. The first-order valence-corrected chi connectivity index (χ1v) is 4.37. The van der Waals surface area contributed by atoms with E-state index < -0.39 is 5.82 Å². The summed E-state index contributed by atoms with van der Waals surface area (Å²) in [5.74, 6) is -0.455. The molecule has 2 rings (SSSR count). The van der Waals surface area contributed by atoms with Crippen LogP contribution in [0.2, 0.25) is 0 Å². The maximum Gasteiger partial charge on any atom is 0.329 e. The van der Waals surface area contributed by atoms with Gasteiger partial charge in [-0.15, -0.1) is 0 Å². The number of nitrogens with zero attached hydrogens (tertiary/aromatic N) is 3. The van der Waals surface area contributed by atoms with E-state index in [0.29, 0.717) is 5.52 Å². The van der Waals surface area contributed by atoms with E-state index in [1.165, 1.54) is 28.3 Å². The quantitative estimate of drug-likeness (QED) is 0.697. The fraction of sp³-hybridized carbons (Fsp3) is 0.200. The molecule has 1 aromatic carbocycles. The Bertz CT molecular complexity index is 618. The highest BCUT2D eigenvalue weighted by Gasteiger charge is 2.12. The fourth-order valence-corrected chi connectivity index (χ4v) is 1.66. The SMILES string of the molecule is Cn1c(=O)n(CC#N)c2cccc(F)c21. The van der Waals surface area contributed by atoms with Crippen LogP contribution in [0.25, 0.3) is 11.0 Å². The number of hydrogen-bond donors (Lipinski definition) is 0. The van der Waals surface area contributed by atoms with Crippen LogP contribution < -0.4 is 5.69 Å². The van der Waals surface area contributed by atoms with Crippen LogP contribution in [0, 0.1) is 17.1 Å². The number of para-hydroxylation sites is 1. The Morgan fingerprint density at radius 2 is 2.27 bits per heavy atom. The van der Waals surface area contributed by atoms with Gasteiger partial charge in [0.1, 0.15) is 17.9 Å². The first kappa shape index (κ1) is 9.46. The van der Waals surface area contributed by atoms with Crippen LogP contribution in [0.1, 0.15) is 0 Å². The van der Waals surface area contributed by atoms with E-state index in [1.807, 2.05) is 6.07 Å². The molecule has 4 nitrogen and oxygen atoms in total. The molecule has 5 heteroatoms. The van der Waals surface area contributed by atoms with Gasteiger partial charge in [-0.1, -0.05) is 6.07 Å². The van der Waals surface area contributed by atoms with E-state index in [-0.39, 0.29) is 17.8 Å². The zero-order valence-corrected chi connectivity index (χ0v) is 8.07. The molecule has 2 aromatic rings. The molecule has 1 heterocycles. The normalized spacial score (nSPS) is 10.5. The Morgan fingerprint density at radius 3 is 2.93 bits per heavy atom. The predicted octanol–water partition coefficient (Wildman–Crippen LogP) is 1.00. The van der Waals surface area contributed by atoms with Crippen molar-refractivity contribution in [3.05, 3.63) is 34.5 Å². The van der Waals surface area contributed by atoms with Crippen LogP contribution in [0.4, 0.5) is 4.39 Å². The number of rotatable bonds is 1. The number of aromatic nitrogens is 2. The van der Waals surface area contributed by atoms with Crippen LogP contribution in [0.5, 0.6) is 0 Å². The van der Waals surface area contributed by atoms with E-state index in [4.69, 9.17) is 5.26 Å². The average molecular weight is 205 g/mol. The maximum absolute atomic E-state index is 13.4. The summed E-state index contributed by atoms with van der Waals surface area (Å²) in [5, 5.41) is 8.57. The molecule has 0 N–H and O–H groups in total. The molecule has 0 aliphatic heterocycles. The molecular weight excluding hydrogens is 197 g/mol. The molecule has 0 saturated carbocycles. The second-order valence-electron chi connectivity index (χ2n) is 3.19. The Kier molecular flexibility index (Phi) is 2.05. The highest BCUT2D eigenvalue weighted by Crippen LogP contribution is 2.15. The van der Waals surface area contributed by atoms with Crippen LogP contribution in [0.15, 0.2) is 23.0 Å². The lowest BCUT2D eigenvalue weighted by atomic mass is 10.3. The lowest BCUT2D eigenvalue weighted by Crippen LogP contribution is -2.21. The third kappa shape index (κ3) is 1.22. The molecule has 0 aliphatic rings. The number of imidazole rings is 1. The minimum Gasteiger partial charge on any atom is -0.292 e. The molecule has 0 amide bonds. The number of aryl methyl sites for hydroxylation is 1. The lowest BCUT2D eigenvalue weighted by Gasteiger charge is -1.95. The van der Waals surface area contributed by atoms with E-state index in [0.717, 1.165) is 0 Å². The molecule has 15 heavy (non-hydrogen) atoms. The lowest BCUT2D eigenvalue weighted by molar-refractivity contribution is 0.630. The third-order valence-electron chi connectivity index (χ3n) is 2.34. The molecule has 0 radical (unpaired) electrons. The van der Waals surface area contributed by atoms with Gasteiger partial charge in [0.05, 0.1) is 11.6 Å². The molecule has 76 valence electrons. The first-order valence-electron chi connectivity index (χ1n) is 4.37. The summed E-state index contributed by atoms with van der Waals surface area (Å²) in [6, 6.07) is 6.31. The fourth-order valence-electron chi connectivity index (χ4n) is 1.66. The summed E-state index contributed by atoms with van der Waals surface area (Å²) >= 11 is 0. The standard InChI is InChI=1S/C10H8FN3O/c1-13-9-7(11)3-2-4-8(9)14(6-5-12)10(13)15/h2-4H,6H2,1H3. The Balaban J connectivity index is 2.95. The summed E-state index contributed by atoms with van der Waals surface area (Å²) in [5.41, 5.74) is 0.304. The van der Waals surface area contributed by atoms with Crippen molar-refractivity contribution < 1.29 is 4.39 Å². The minimum atomic E-state index is -0.455. The van der Waals surface area contributed by atoms with Crippen molar-refractivity contribution >= 4 is 11.0 Å². The van der Waals surface area contributed by atoms with Crippen LogP contribution in [-0.2, 0) is 13.6 Å². The molecule has 0 bridgehead atoms. The first-order chi connectivity index (χ1) is 7.16. The molecule has 0 unspecified atom stereocenters. The molecule has 0 saturated heterocycles. The molecule has 0 atom stereocenters. The van der Waals surface area contributed by atoms with Gasteiger partial charge in [-0.25, -0.2) is 9.18 Å². The monoisotopic (exact) mass is 205 g/mol.